The van der Waals surface area contributed by atoms with Gasteiger partial charge in [0, 0.05) is 11.4 Å². The molecule has 0 aliphatic rings. The molecule has 0 saturated heterocycles. The topological polar surface area (TPSA) is 29.1 Å². The first-order chi connectivity index (χ1) is 7.24. The third-order valence-electron chi connectivity index (χ3n) is 1.97. The highest BCUT2D eigenvalue weighted by atomic mass is 32.2. The smallest absolute Gasteiger partial charge is 0.233 e. The van der Waals surface area contributed by atoms with Gasteiger partial charge in [0.15, 0.2) is 0 Å². The lowest BCUT2D eigenvalue weighted by molar-refractivity contribution is -0.120. The first kappa shape index (κ1) is 12.1. The van der Waals surface area contributed by atoms with Crippen LogP contribution in [0.1, 0.15) is 20.3 Å². The molecule has 0 unspecified atom stereocenters. The highest BCUT2D eigenvalue weighted by Gasteiger charge is 2.12. The van der Waals surface area contributed by atoms with Gasteiger partial charge in [0.25, 0.3) is 0 Å². The maximum Gasteiger partial charge on any atom is 0.233 e. The summed E-state index contributed by atoms with van der Waals surface area (Å²) in [5.41, 5.74) is 0. The molecule has 0 spiro atoms. The Morgan fingerprint density at radius 3 is 2.67 bits per heavy atom. The molecule has 15 heavy (non-hydrogen) atoms. The molecule has 0 bridgehead atoms. The standard InChI is InChI=1S/C12H17NOS/c1-3-9-13-12(14)10(2)15-11-7-5-4-6-8-11/h4-8,10H,3,9H2,1-2H3,(H,13,14)/t10-/m0/s1. The maximum atomic E-state index is 11.6. The molecule has 1 aromatic rings. The predicted molar refractivity (Wildman–Crippen MR) is 65.1 cm³/mol. The van der Waals surface area contributed by atoms with Crippen LogP contribution in [0, 0.1) is 0 Å². The van der Waals surface area contributed by atoms with E-state index >= 15 is 0 Å². The summed E-state index contributed by atoms with van der Waals surface area (Å²) in [6, 6.07) is 9.99. The largest absolute Gasteiger partial charge is 0.355 e. The zero-order valence-corrected chi connectivity index (χ0v) is 10.0. The van der Waals surface area contributed by atoms with Crippen LogP contribution in [0.4, 0.5) is 0 Å². The second-order valence-electron chi connectivity index (χ2n) is 3.36. The Kier molecular flexibility index (Phi) is 5.26. The SMILES string of the molecule is CCCNC(=O)[C@H](C)Sc1ccccc1. The van der Waals surface area contributed by atoms with Crippen molar-refractivity contribution in [2.24, 2.45) is 0 Å². The number of hydrogen-bond donors (Lipinski definition) is 1. The minimum Gasteiger partial charge on any atom is -0.355 e. The first-order valence-electron chi connectivity index (χ1n) is 5.23. The van der Waals surface area contributed by atoms with Gasteiger partial charge in [0.05, 0.1) is 5.25 Å². The van der Waals surface area contributed by atoms with Gasteiger partial charge < -0.3 is 5.32 Å². The van der Waals surface area contributed by atoms with Crippen LogP contribution in [-0.2, 0) is 4.79 Å². The van der Waals surface area contributed by atoms with Crippen molar-refractivity contribution in [1.29, 1.82) is 0 Å². The average molecular weight is 223 g/mol. The zero-order chi connectivity index (χ0) is 11.1. The second kappa shape index (κ2) is 6.51. The molecular weight excluding hydrogens is 206 g/mol. The lowest BCUT2D eigenvalue weighted by atomic mass is 10.4. The zero-order valence-electron chi connectivity index (χ0n) is 9.19. The fourth-order valence-electron chi connectivity index (χ4n) is 1.15. The van der Waals surface area contributed by atoms with Crippen LogP contribution in [0.2, 0.25) is 0 Å². The fourth-order valence-corrected chi connectivity index (χ4v) is 2.06. The molecule has 0 heterocycles. The number of thioether (sulfide) groups is 1. The highest BCUT2D eigenvalue weighted by Crippen LogP contribution is 2.22. The Labute approximate surface area is 95.5 Å². The van der Waals surface area contributed by atoms with Crippen molar-refractivity contribution in [3.05, 3.63) is 30.3 Å². The molecule has 1 rings (SSSR count). The lowest BCUT2D eigenvalue weighted by Crippen LogP contribution is -2.31. The number of amides is 1. The molecule has 1 atom stereocenters. The molecule has 0 aromatic heterocycles. The van der Waals surface area contributed by atoms with Gasteiger partial charge >= 0.3 is 0 Å². The lowest BCUT2D eigenvalue weighted by Gasteiger charge is -2.11. The van der Waals surface area contributed by atoms with Crippen LogP contribution < -0.4 is 5.32 Å². The van der Waals surface area contributed by atoms with E-state index in [2.05, 4.69) is 12.2 Å². The third kappa shape index (κ3) is 4.38. The third-order valence-corrected chi connectivity index (χ3v) is 3.09. The Hall–Kier alpha value is -0.960. The summed E-state index contributed by atoms with van der Waals surface area (Å²) in [5.74, 6) is 0.116. The van der Waals surface area contributed by atoms with E-state index in [0.717, 1.165) is 17.9 Å². The summed E-state index contributed by atoms with van der Waals surface area (Å²) < 4.78 is 0. The van der Waals surface area contributed by atoms with E-state index in [1.807, 2.05) is 37.3 Å². The quantitative estimate of drug-likeness (QED) is 0.778. The van der Waals surface area contributed by atoms with Crippen molar-refractivity contribution >= 4 is 17.7 Å². The van der Waals surface area contributed by atoms with E-state index in [-0.39, 0.29) is 11.2 Å². The van der Waals surface area contributed by atoms with Crippen molar-refractivity contribution in [1.82, 2.24) is 5.32 Å². The van der Waals surface area contributed by atoms with E-state index in [1.165, 1.54) is 0 Å². The molecule has 1 aromatic carbocycles. The van der Waals surface area contributed by atoms with Crippen molar-refractivity contribution < 1.29 is 4.79 Å². The van der Waals surface area contributed by atoms with Crippen LogP contribution >= 0.6 is 11.8 Å². The van der Waals surface area contributed by atoms with Gasteiger partial charge in [-0.3, -0.25) is 4.79 Å². The van der Waals surface area contributed by atoms with Gasteiger partial charge in [0.2, 0.25) is 5.91 Å². The first-order valence-corrected chi connectivity index (χ1v) is 6.11. The van der Waals surface area contributed by atoms with Crippen LogP contribution in [0.5, 0.6) is 0 Å². The summed E-state index contributed by atoms with van der Waals surface area (Å²) >= 11 is 1.59. The molecule has 1 amide bonds. The maximum absolute atomic E-state index is 11.6. The van der Waals surface area contributed by atoms with E-state index < -0.39 is 0 Å². The fraction of sp³-hybridized carbons (Fsp3) is 0.417. The Bertz CT molecular complexity index is 300. The van der Waals surface area contributed by atoms with Gasteiger partial charge in [0.1, 0.15) is 0 Å². The molecule has 1 N–H and O–H groups in total. The second-order valence-corrected chi connectivity index (χ2v) is 4.78. The molecule has 82 valence electrons. The molecule has 0 saturated carbocycles. The van der Waals surface area contributed by atoms with E-state index in [0.29, 0.717) is 0 Å². The molecule has 0 aliphatic carbocycles. The Balaban J connectivity index is 2.41. The van der Waals surface area contributed by atoms with Gasteiger partial charge in [-0.05, 0) is 25.5 Å². The minimum absolute atomic E-state index is 0.0288. The molecule has 3 heteroatoms. The van der Waals surface area contributed by atoms with Gasteiger partial charge in [-0.15, -0.1) is 11.8 Å². The summed E-state index contributed by atoms with van der Waals surface area (Å²) in [7, 11) is 0. The van der Waals surface area contributed by atoms with E-state index in [4.69, 9.17) is 0 Å². The average Bonchev–Trinajstić information content (AvgIpc) is 2.27. The van der Waals surface area contributed by atoms with Gasteiger partial charge in [-0.1, -0.05) is 25.1 Å². The monoisotopic (exact) mass is 223 g/mol. The number of benzene rings is 1. The van der Waals surface area contributed by atoms with Crippen molar-refractivity contribution in [3.8, 4) is 0 Å². The summed E-state index contributed by atoms with van der Waals surface area (Å²) in [4.78, 5) is 12.7. The summed E-state index contributed by atoms with van der Waals surface area (Å²) in [5, 5.41) is 2.86. The van der Waals surface area contributed by atoms with E-state index in [9.17, 15) is 4.79 Å². The highest BCUT2D eigenvalue weighted by molar-refractivity contribution is 8.00. The van der Waals surface area contributed by atoms with Gasteiger partial charge in [-0.2, -0.15) is 0 Å². The Morgan fingerprint density at radius 1 is 1.40 bits per heavy atom. The summed E-state index contributed by atoms with van der Waals surface area (Å²) in [6.07, 6.45) is 0.981. The number of rotatable bonds is 5. The number of hydrogen-bond acceptors (Lipinski definition) is 2. The van der Waals surface area contributed by atoms with Crippen molar-refractivity contribution in [3.63, 3.8) is 0 Å². The van der Waals surface area contributed by atoms with Crippen LogP contribution in [-0.4, -0.2) is 17.7 Å². The van der Waals surface area contributed by atoms with Gasteiger partial charge in [-0.25, -0.2) is 0 Å². The van der Waals surface area contributed by atoms with Crippen molar-refractivity contribution in [2.75, 3.05) is 6.54 Å². The molecule has 2 nitrogen and oxygen atoms in total. The minimum atomic E-state index is -0.0288. The number of nitrogens with one attached hydrogen (secondary N) is 1. The van der Waals surface area contributed by atoms with Crippen LogP contribution in [0.15, 0.2) is 35.2 Å². The van der Waals surface area contributed by atoms with Crippen molar-refractivity contribution in [2.45, 2.75) is 30.4 Å². The molecule has 0 radical (unpaired) electrons. The van der Waals surface area contributed by atoms with Crippen LogP contribution in [0.25, 0.3) is 0 Å². The molecule has 0 fully saturated rings. The molecule has 0 aliphatic heterocycles. The number of carbonyl (C=O) groups is 1. The normalized spacial score (nSPS) is 12.1. The number of carbonyl (C=O) groups excluding carboxylic acids is 1. The van der Waals surface area contributed by atoms with E-state index in [1.54, 1.807) is 11.8 Å². The predicted octanol–water partition coefficient (Wildman–Crippen LogP) is 2.69. The summed E-state index contributed by atoms with van der Waals surface area (Å²) in [6.45, 7) is 4.75. The van der Waals surface area contributed by atoms with Crippen LogP contribution in [0.3, 0.4) is 0 Å². The molecular formula is C12H17NOS. The Morgan fingerprint density at radius 2 is 2.07 bits per heavy atom.